The average Bonchev–Trinajstić information content (AvgIpc) is 3.27. The highest BCUT2D eigenvalue weighted by atomic mass is 32.2. The molecule has 10 heteroatoms. The molecule has 0 bridgehead atoms. The Balaban J connectivity index is 1.41. The van der Waals surface area contributed by atoms with Crippen LogP contribution in [0.2, 0.25) is 0 Å². The summed E-state index contributed by atoms with van der Waals surface area (Å²) in [4.78, 5) is 42.5. The lowest BCUT2D eigenvalue weighted by Gasteiger charge is -2.14. The SMILES string of the molecule is CCC(Sc1cccc(NC(=O)c2ccc([N+](=O)[O-])cc2)c1)C(=O)Nc1nc(-c2ccc(C)cc2)c(C)s1. The van der Waals surface area contributed by atoms with Crippen LogP contribution in [-0.4, -0.2) is 27.0 Å². The molecule has 0 aliphatic heterocycles. The van der Waals surface area contributed by atoms with Crippen LogP contribution in [0.1, 0.15) is 34.1 Å². The lowest BCUT2D eigenvalue weighted by atomic mass is 10.1. The number of rotatable bonds is 9. The quantitative estimate of drug-likeness (QED) is 0.131. The highest BCUT2D eigenvalue weighted by Crippen LogP contribution is 2.32. The number of non-ortho nitro benzene ring substituents is 1. The first-order chi connectivity index (χ1) is 18.2. The normalized spacial score (nSPS) is 11.6. The van der Waals surface area contributed by atoms with Crippen LogP contribution in [0.5, 0.6) is 0 Å². The second kappa shape index (κ2) is 12.0. The molecule has 8 nitrogen and oxygen atoms in total. The van der Waals surface area contributed by atoms with Crippen LogP contribution in [0.4, 0.5) is 16.5 Å². The van der Waals surface area contributed by atoms with Crippen molar-refractivity contribution in [1.82, 2.24) is 4.98 Å². The van der Waals surface area contributed by atoms with Gasteiger partial charge in [0.15, 0.2) is 5.13 Å². The largest absolute Gasteiger partial charge is 0.322 e. The van der Waals surface area contributed by atoms with Crippen molar-refractivity contribution in [2.75, 3.05) is 10.6 Å². The molecule has 2 N–H and O–H groups in total. The van der Waals surface area contributed by atoms with Gasteiger partial charge < -0.3 is 10.6 Å². The number of thioether (sulfide) groups is 1. The molecule has 0 aliphatic rings. The van der Waals surface area contributed by atoms with Gasteiger partial charge in [0.05, 0.1) is 15.9 Å². The van der Waals surface area contributed by atoms with E-state index < -0.39 is 4.92 Å². The zero-order chi connectivity index (χ0) is 27.2. The molecule has 38 heavy (non-hydrogen) atoms. The number of carbonyl (C=O) groups is 2. The number of benzene rings is 3. The zero-order valence-electron chi connectivity index (χ0n) is 21.1. The Kier molecular flexibility index (Phi) is 8.55. The van der Waals surface area contributed by atoms with E-state index in [2.05, 4.69) is 15.6 Å². The molecule has 194 valence electrons. The smallest absolute Gasteiger partial charge is 0.269 e. The maximum Gasteiger partial charge on any atom is 0.269 e. The number of aryl methyl sites for hydroxylation is 2. The molecule has 4 rings (SSSR count). The molecule has 1 unspecified atom stereocenters. The second-order valence-electron chi connectivity index (χ2n) is 8.58. The van der Waals surface area contributed by atoms with Gasteiger partial charge in [0.25, 0.3) is 11.6 Å². The number of nitro groups is 1. The Labute approximate surface area is 228 Å². The van der Waals surface area contributed by atoms with Gasteiger partial charge in [-0.2, -0.15) is 0 Å². The molecule has 4 aromatic rings. The van der Waals surface area contributed by atoms with Crippen LogP contribution < -0.4 is 10.6 Å². The standard InChI is InChI=1S/C28H26N4O4S2/c1-4-24(27(34)31-28-30-25(18(3)37-28)19-10-8-17(2)9-11-19)38-23-7-5-6-21(16-23)29-26(33)20-12-14-22(15-13-20)32(35)36/h5-16,24H,4H2,1-3H3,(H,29,33)(H,30,31,34). The number of hydrogen-bond donors (Lipinski definition) is 2. The lowest BCUT2D eigenvalue weighted by molar-refractivity contribution is -0.384. The van der Waals surface area contributed by atoms with Gasteiger partial charge in [-0.1, -0.05) is 42.8 Å². The van der Waals surface area contributed by atoms with Crippen LogP contribution in [0, 0.1) is 24.0 Å². The molecule has 1 atom stereocenters. The Hall–Kier alpha value is -4.02. The van der Waals surface area contributed by atoms with E-state index >= 15 is 0 Å². The summed E-state index contributed by atoms with van der Waals surface area (Å²) in [5.41, 5.74) is 3.84. The summed E-state index contributed by atoms with van der Waals surface area (Å²) in [5.74, 6) is -0.516. The molecule has 2 amide bonds. The number of anilines is 2. The third-order valence-electron chi connectivity index (χ3n) is 5.73. The van der Waals surface area contributed by atoms with E-state index in [4.69, 9.17) is 0 Å². The minimum Gasteiger partial charge on any atom is -0.322 e. The van der Waals surface area contributed by atoms with Crippen molar-refractivity contribution in [2.45, 2.75) is 37.3 Å². The van der Waals surface area contributed by atoms with Gasteiger partial charge in [-0.15, -0.1) is 23.1 Å². The summed E-state index contributed by atoms with van der Waals surface area (Å²) in [6.45, 7) is 5.97. The summed E-state index contributed by atoms with van der Waals surface area (Å²) in [6, 6.07) is 20.8. The molecule has 0 radical (unpaired) electrons. The van der Waals surface area contributed by atoms with Crippen molar-refractivity contribution in [3.8, 4) is 11.3 Å². The van der Waals surface area contributed by atoms with Gasteiger partial charge in [-0.05, 0) is 50.6 Å². The van der Waals surface area contributed by atoms with Gasteiger partial charge in [-0.25, -0.2) is 4.98 Å². The third kappa shape index (κ3) is 6.64. The summed E-state index contributed by atoms with van der Waals surface area (Å²) in [5, 5.41) is 16.8. The number of amides is 2. The molecule has 0 aliphatic carbocycles. The van der Waals surface area contributed by atoms with E-state index in [0.29, 0.717) is 22.8 Å². The van der Waals surface area contributed by atoms with Gasteiger partial charge in [0.1, 0.15) is 0 Å². The number of carbonyl (C=O) groups excluding carboxylic acids is 2. The Morgan fingerprint density at radius 1 is 1.03 bits per heavy atom. The highest BCUT2D eigenvalue weighted by molar-refractivity contribution is 8.00. The Morgan fingerprint density at radius 3 is 2.39 bits per heavy atom. The first kappa shape index (κ1) is 27.0. The van der Waals surface area contributed by atoms with Crippen molar-refractivity contribution < 1.29 is 14.5 Å². The monoisotopic (exact) mass is 546 g/mol. The molecule has 0 saturated heterocycles. The fourth-order valence-electron chi connectivity index (χ4n) is 3.69. The van der Waals surface area contributed by atoms with E-state index in [1.165, 1.54) is 52.9 Å². The first-order valence-electron chi connectivity index (χ1n) is 11.9. The molecule has 1 aromatic heterocycles. The van der Waals surface area contributed by atoms with Crippen LogP contribution in [-0.2, 0) is 4.79 Å². The van der Waals surface area contributed by atoms with Crippen molar-refractivity contribution in [3.63, 3.8) is 0 Å². The highest BCUT2D eigenvalue weighted by Gasteiger charge is 2.21. The van der Waals surface area contributed by atoms with Crippen LogP contribution in [0.15, 0.2) is 77.7 Å². The summed E-state index contributed by atoms with van der Waals surface area (Å²) >= 11 is 2.85. The van der Waals surface area contributed by atoms with Crippen LogP contribution in [0.25, 0.3) is 11.3 Å². The fraction of sp³-hybridized carbons (Fsp3) is 0.179. The minimum absolute atomic E-state index is 0.0805. The Morgan fingerprint density at radius 2 is 1.74 bits per heavy atom. The van der Waals surface area contributed by atoms with E-state index in [-0.39, 0.29) is 22.8 Å². The second-order valence-corrected chi connectivity index (χ2v) is 11.1. The maximum atomic E-state index is 13.1. The van der Waals surface area contributed by atoms with Gasteiger partial charge in [-0.3, -0.25) is 19.7 Å². The van der Waals surface area contributed by atoms with E-state index in [1.807, 2.05) is 51.1 Å². The van der Waals surface area contributed by atoms with Gasteiger partial charge >= 0.3 is 0 Å². The molecule has 0 fully saturated rings. The van der Waals surface area contributed by atoms with Crippen molar-refractivity contribution in [1.29, 1.82) is 0 Å². The number of hydrogen-bond acceptors (Lipinski definition) is 7. The maximum absolute atomic E-state index is 13.1. The van der Waals surface area contributed by atoms with E-state index in [1.54, 1.807) is 18.2 Å². The van der Waals surface area contributed by atoms with Crippen molar-refractivity contribution in [3.05, 3.63) is 98.9 Å². The topological polar surface area (TPSA) is 114 Å². The number of nitrogens with zero attached hydrogens (tertiary/aromatic N) is 2. The van der Waals surface area contributed by atoms with E-state index in [0.717, 1.165) is 21.0 Å². The van der Waals surface area contributed by atoms with Crippen LogP contribution in [0.3, 0.4) is 0 Å². The lowest BCUT2D eigenvalue weighted by Crippen LogP contribution is -2.24. The molecular formula is C28H26N4O4S2. The van der Waals surface area contributed by atoms with Crippen LogP contribution >= 0.6 is 23.1 Å². The molecule has 0 saturated carbocycles. The molecular weight excluding hydrogens is 520 g/mol. The van der Waals surface area contributed by atoms with E-state index in [9.17, 15) is 19.7 Å². The third-order valence-corrected chi connectivity index (χ3v) is 7.97. The predicted octanol–water partition coefficient (Wildman–Crippen LogP) is 7.10. The fourth-order valence-corrected chi connectivity index (χ4v) is 5.54. The summed E-state index contributed by atoms with van der Waals surface area (Å²) in [6.07, 6.45) is 0.602. The zero-order valence-corrected chi connectivity index (χ0v) is 22.7. The number of nitrogens with one attached hydrogen (secondary N) is 2. The summed E-state index contributed by atoms with van der Waals surface area (Å²) in [7, 11) is 0. The molecule has 1 heterocycles. The molecule has 3 aromatic carbocycles. The average molecular weight is 547 g/mol. The minimum atomic E-state index is -0.513. The van der Waals surface area contributed by atoms with Gasteiger partial charge in [0.2, 0.25) is 5.91 Å². The number of thiazole rings is 1. The molecule has 0 spiro atoms. The Bertz CT molecular complexity index is 1470. The predicted molar refractivity (Wildman–Crippen MR) is 153 cm³/mol. The number of nitro benzene ring substituents is 1. The number of aromatic nitrogens is 1. The first-order valence-corrected chi connectivity index (χ1v) is 13.6. The van der Waals surface area contributed by atoms with Gasteiger partial charge in [0, 0.05) is 38.7 Å². The van der Waals surface area contributed by atoms with Crippen molar-refractivity contribution in [2.24, 2.45) is 0 Å². The summed E-state index contributed by atoms with van der Waals surface area (Å²) < 4.78 is 0. The van der Waals surface area contributed by atoms with Crippen molar-refractivity contribution >= 4 is 51.4 Å².